The number of carbonyl (C=O) groups is 1. The van der Waals surface area contributed by atoms with Gasteiger partial charge in [-0.15, -0.1) is 0 Å². The van der Waals surface area contributed by atoms with Crippen molar-refractivity contribution >= 4 is 51.7 Å². The van der Waals surface area contributed by atoms with Crippen LogP contribution in [0.1, 0.15) is 0 Å². The number of carboxylic acid groups (broad SMARTS) is 1. The predicted octanol–water partition coefficient (Wildman–Crippen LogP) is -1.14. The maximum atomic E-state index is 9.53. The van der Waals surface area contributed by atoms with Crippen molar-refractivity contribution in [1.29, 1.82) is 0 Å². The number of hydrogen-bond donors (Lipinski definition) is 3. The summed E-state index contributed by atoms with van der Waals surface area (Å²) in [4.78, 5) is 24.7. The second-order valence-corrected chi connectivity index (χ2v) is 2.01. The van der Waals surface area contributed by atoms with Gasteiger partial charge in [0, 0.05) is 0 Å². The van der Waals surface area contributed by atoms with Crippen molar-refractivity contribution in [2.75, 3.05) is 0 Å². The monoisotopic (exact) mass is 184 g/mol. The predicted molar refractivity (Wildman–Crippen MR) is 29.7 cm³/mol. The van der Waals surface area contributed by atoms with Crippen LogP contribution < -0.4 is 0 Å². The average Bonchev–Trinajstić information content (AvgIpc) is 1.21. The van der Waals surface area contributed by atoms with Crippen LogP contribution in [0.25, 0.3) is 0 Å². The van der Waals surface area contributed by atoms with Gasteiger partial charge in [0.15, 0.2) is 0 Å². The van der Waals surface area contributed by atoms with Gasteiger partial charge in [-0.05, 0) is 0 Å². The Morgan fingerprint density at radius 3 is 1.78 bits per heavy atom. The van der Waals surface area contributed by atoms with Gasteiger partial charge in [0.2, 0.25) is 0 Å². The second-order valence-electron chi connectivity index (χ2n) is 0.848. The van der Waals surface area contributed by atoms with Gasteiger partial charge in [0.25, 0.3) is 0 Å². The Hall–Kier alpha value is 0.680. The molecular weight excluding hydrogens is 179 g/mol. The number of rotatable bonds is 1. The summed E-state index contributed by atoms with van der Waals surface area (Å²) in [6.45, 7) is 0. The van der Waals surface area contributed by atoms with E-state index in [0.29, 0.717) is 0 Å². The number of phosphoric ester groups is 1. The van der Waals surface area contributed by atoms with E-state index in [9.17, 15) is 9.36 Å². The minimum absolute atomic E-state index is 0. The molecule has 52 valence electrons. The standard InChI is InChI=1S/CH3O6P.Ca.2H/c2-1(3)7-8(4,5)6;;;/h(H,2,3)(H2,4,5,6);;;. The zero-order valence-corrected chi connectivity index (χ0v) is 4.41. The third kappa shape index (κ3) is 12.0. The molecule has 0 heterocycles. The molecule has 0 amide bonds. The van der Waals surface area contributed by atoms with Gasteiger partial charge in [0.05, 0.1) is 0 Å². The van der Waals surface area contributed by atoms with Crippen molar-refractivity contribution in [3.05, 3.63) is 0 Å². The summed E-state index contributed by atoms with van der Waals surface area (Å²) in [5.41, 5.74) is 0. The zero-order valence-electron chi connectivity index (χ0n) is 3.51. The van der Waals surface area contributed by atoms with Crippen LogP contribution in [-0.4, -0.2) is 58.8 Å². The number of hydrogen-bond acceptors (Lipinski definition) is 3. The molecule has 0 aliphatic rings. The van der Waals surface area contributed by atoms with Crippen LogP contribution in [-0.2, 0) is 9.09 Å². The molecule has 3 N–H and O–H groups in total. The maximum absolute atomic E-state index is 9.53. The molecule has 0 saturated carbocycles. The molecule has 0 aliphatic heterocycles. The fraction of sp³-hybridized carbons (Fsp3) is 0. The second kappa shape index (κ2) is 4.49. The summed E-state index contributed by atoms with van der Waals surface area (Å²) in [6, 6.07) is 0. The molecular formula is CH5CaO6P. The molecule has 6 nitrogen and oxygen atoms in total. The third-order valence-corrected chi connectivity index (χ3v) is 0.591. The average molecular weight is 184 g/mol. The van der Waals surface area contributed by atoms with E-state index in [2.05, 4.69) is 4.52 Å². The molecule has 0 saturated heterocycles. The van der Waals surface area contributed by atoms with E-state index >= 15 is 0 Å². The van der Waals surface area contributed by atoms with Crippen LogP contribution in [0.15, 0.2) is 0 Å². The Morgan fingerprint density at radius 1 is 1.44 bits per heavy atom. The first kappa shape index (κ1) is 12.4. The van der Waals surface area contributed by atoms with Gasteiger partial charge < -0.3 is 9.63 Å². The first-order valence-corrected chi connectivity index (χ1v) is 2.93. The summed E-state index contributed by atoms with van der Waals surface area (Å²) < 4.78 is 12.6. The van der Waals surface area contributed by atoms with Crippen molar-refractivity contribution in [2.45, 2.75) is 0 Å². The van der Waals surface area contributed by atoms with Crippen LogP contribution >= 0.6 is 7.82 Å². The van der Waals surface area contributed by atoms with Crippen LogP contribution in [0, 0.1) is 0 Å². The fourth-order valence-electron chi connectivity index (χ4n) is 0.102. The normalized spacial score (nSPS) is 9.56. The summed E-state index contributed by atoms with van der Waals surface area (Å²) in [6.07, 6.45) is -1.99. The topological polar surface area (TPSA) is 104 Å². The molecule has 0 rings (SSSR count). The van der Waals surface area contributed by atoms with E-state index in [0.717, 1.165) is 0 Å². The Balaban J connectivity index is 0. The van der Waals surface area contributed by atoms with Crippen molar-refractivity contribution in [2.24, 2.45) is 0 Å². The van der Waals surface area contributed by atoms with Crippen molar-refractivity contribution in [3.63, 3.8) is 0 Å². The van der Waals surface area contributed by atoms with Gasteiger partial charge in [0.1, 0.15) is 0 Å². The molecule has 9 heavy (non-hydrogen) atoms. The van der Waals surface area contributed by atoms with Crippen molar-refractivity contribution in [3.8, 4) is 0 Å². The molecule has 8 heteroatoms. The van der Waals surface area contributed by atoms with E-state index in [1.54, 1.807) is 0 Å². The quantitative estimate of drug-likeness (QED) is 0.351. The van der Waals surface area contributed by atoms with Crippen molar-refractivity contribution < 1.29 is 28.8 Å². The SMILES string of the molecule is O=C(O)OP(=O)(O)O.[CaH2]. The summed E-state index contributed by atoms with van der Waals surface area (Å²) in [7, 11) is -4.82. The molecule has 0 aliphatic carbocycles. The molecule has 0 fully saturated rings. The van der Waals surface area contributed by atoms with Crippen LogP contribution in [0.2, 0.25) is 0 Å². The molecule has 0 atom stereocenters. The van der Waals surface area contributed by atoms with Crippen LogP contribution in [0.5, 0.6) is 0 Å². The Morgan fingerprint density at radius 2 is 1.78 bits per heavy atom. The van der Waals surface area contributed by atoms with E-state index in [1.807, 2.05) is 0 Å². The first-order valence-electron chi connectivity index (χ1n) is 1.40. The third-order valence-electron chi connectivity index (χ3n) is 0.197. The van der Waals surface area contributed by atoms with Crippen molar-refractivity contribution in [1.82, 2.24) is 0 Å². The van der Waals surface area contributed by atoms with E-state index in [4.69, 9.17) is 14.9 Å². The first-order chi connectivity index (χ1) is 3.42. The Kier molecular flexibility index (Phi) is 6.17. The Labute approximate surface area is 80.1 Å². The van der Waals surface area contributed by atoms with Gasteiger partial charge in [-0.25, -0.2) is 9.36 Å². The molecule has 0 unspecified atom stereocenters. The number of phosphoric acid groups is 1. The zero-order chi connectivity index (χ0) is 6.78. The van der Waals surface area contributed by atoms with Crippen LogP contribution in [0.4, 0.5) is 4.79 Å². The molecule has 0 aromatic carbocycles. The molecule has 0 spiro atoms. The minimum atomic E-state index is -4.82. The molecule has 0 aromatic rings. The van der Waals surface area contributed by atoms with E-state index in [1.165, 1.54) is 0 Å². The van der Waals surface area contributed by atoms with E-state index in [-0.39, 0.29) is 37.7 Å². The molecule has 0 bridgehead atoms. The van der Waals surface area contributed by atoms with Crippen LogP contribution in [0.3, 0.4) is 0 Å². The van der Waals surface area contributed by atoms with Gasteiger partial charge >= 0.3 is 51.7 Å². The van der Waals surface area contributed by atoms with Gasteiger partial charge in [-0.3, -0.25) is 9.79 Å². The summed E-state index contributed by atoms with van der Waals surface area (Å²) in [5.74, 6) is 0. The van der Waals surface area contributed by atoms with Gasteiger partial charge in [-0.2, -0.15) is 0 Å². The molecule has 0 radical (unpaired) electrons. The van der Waals surface area contributed by atoms with E-state index < -0.39 is 14.0 Å². The summed E-state index contributed by atoms with van der Waals surface area (Å²) >= 11 is 0. The molecule has 0 aromatic heterocycles. The summed E-state index contributed by atoms with van der Waals surface area (Å²) in [5, 5.41) is 7.53. The van der Waals surface area contributed by atoms with Gasteiger partial charge in [-0.1, -0.05) is 0 Å². The fourth-order valence-corrected chi connectivity index (χ4v) is 0.305. The Bertz CT molecular complexity index is 136.